The summed E-state index contributed by atoms with van der Waals surface area (Å²) in [5.41, 5.74) is -1.61. The third kappa shape index (κ3) is 5.70. The number of amides is 2. The van der Waals surface area contributed by atoms with E-state index in [1.807, 2.05) is 6.07 Å². The van der Waals surface area contributed by atoms with Crippen molar-refractivity contribution in [3.8, 4) is 6.07 Å². The van der Waals surface area contributed by atoms with Gasteiger partial charge in [0.25, 0.3) is 10.2 Å². The van der Waals surface area contributed by atoms with Crippen molar-refractivity contribution in [2.45, 2.75) is 44.4 Å². The number of alkyl halides is 3. The molecule has 4 rings (SSSR count). The van der Waals surface area contributed by atoms with E-state index >= 15 is 0 Å². The Morgan fingerprint density at radius 3 is 2.49 bits per heavy atom. The molecule has 0 aliphatic carbocycles. The van der Waals surface area contributed by atoms with E-state index in [0.717, 1.165) is 0 Å². The van der Waals surface area contributed by atoms with E-state index in [0.29, 0.717) is 44.5 Å². The Morgan fingerprint density at radius 2 is 1.84 bits per heavy atom. The molecule has 1 N–H and O–H groups in total. The van der Waals surface area contributed by atoms with Gasteiger partial charge in [0.05, 0.1) is 35.7 Å². The minimum atomic E-state index is -4.75. The highest BCUT2D eigenvalue weighted by atomic mass is 32.2. The van der Waals surface area contributed by atoms with Crippen molar-refractivity contribution < 1.29 is 35.6 Å². The number of likely N-dealkylation sites (tertiary alicyclic amines) is 1. The lowest BCUT2D eigenvalue weighted by atomic mass is 9.97. The fourth-order valence-corrected chi connectivity index (χ4v) is 6.59. The Kier molecular flexibility index (Phi) is 7.72. The summed E-state index contributed by atoms with van der Waals surface area (Å²) in [6.07, 6.45) is -2.46. The SMILES string of the molecule is N#CC1CN(S(=O)(=O)N2CCC[C@H](C(=O)N3CCC[C@@H]3C(=O)NCc3ncc(C(F)(F)F)cc3F)C2)C1. The van der Waals surface area contributed by atoms with E-state index in [4.69, 9.17) is 5.26 Å². The quantitative estimate of drug-likeness (QED) is 0.536. The summed E-state index contributed by atoms with van der Waals surface area (Å²) in [7, 11) is -3.79. The highest BCUT2D eigenvalue weighted by Gasteiger charge is 2.44. The van der Waals surface area contributed by atoms with Crippen molar-refractivity contribution >= 4 is 22.0 Å². The summed E-state index contributed by atoms with van der Waals surface area (Å²) in [6, 6.07) is 1.48. The predicted octanol–water partition coefficient (Wildman–Crippen LogP) is 1.26. The average molecular weight is 547 g/mol. The second-order valence-corrected chi connectivity index (χ2v) is 11.3. The van der Waals surface area contributed by atoms with Gasteiger partial charge in [-0.3, -0.25) is 14.6 Å². The van der Waals surface area contributed by atoms with E-state index < -0.39 is 52.2 Å². The van der Waals surface area contributed by atoms with Gasteiger partial charge >= 0.3 is 6.18 Å². The highest BCUT2D eigenvalue weighted by molar-refractivity contribution is 7.86. The van der Waals surface area contributed by atoms with Crippen LogP contribution >= 0.6 is 0 Å². The molecule has 10 nitrogen and oxygen atoms in total. The van der Waals surface area contributed by atoms with Crippen molar-refractivity contribution in [1.82, 2.24) is 23.8 Å². The number of nitriles is 1. The van der Waals surface area contributed by atoms with Gasteiger partial charge in [-0.2, -0.15) is 35.5 Å². The Balaban J connectivity index is 1.36. The molecular weight excluding hydrogens is 520 g/mol. The number of piperidine rings is 1. The summed E-state index contributed by atoms with van der Waals surface area (Å²) in [6.45, 7) is 0.322. The molecule has 3 aliphatic rings. The lowest BCUT2D eigenvalue weighted by molar-refractivity contribution is -0.142. The first-order valence-electron chi connectivity index (χ1n) is 11.9. The third-order valence-corrected chi connectivity index (χ3v) is 8.86. The van der Waals surface area contributed by atoms with Crippen LogP contribution in [0.15, 0.2) is 12.3 Å². The van der Waals surface area contributed by atoms with Crippen LogP contribution < -0.4 is 5.32 Å². The molecule has 15 heteroatoms. The van der Waals surface area contributed by atoms with E-state index in [2.05, 4.69) is 10.3 Å². The van der Waals surface area contributed by atoms with E-state index in [-0.39, 0.29) is 43.7 Å². The maximum Gasteiger partial charge on any atom is 0.417 e. The Bertz CT molecular complexity index is 1200. The number of nitrogens with zero attached hydrogens (tertiary/aromatic N) is 5. The van der Waals surface area contributed by atoms with Gasteiger partial charge in [0, 0.05) is 38.9 Å². The zero-order valence-corrected chi connectivity index (χ0v) is 20.6. The molecule has 202 valence electrons. The number of hydrogen-bond acceptors (Lipinski definition) is 6. The summed E-state index contributed by atoms with van der Waals surface area (Å²) < 4.78 is 80.4. The Labute approximate surface area is 211 Å². The molecule has 4 heterocycles. The van der Waals surface area contributed by atoms with Gasteiger partial charge in [-0.05, 0) is 31.7 Å². The molecule has 3 aliphatic heterocycles. The number of pyridine rings is 1. The van der Waals surface area contributed by atoms with Crippen molar-refractivity contribution in [2.24, 2.45) is 11.8 Å². The average Bonchev–Trinajstić information content (AvgIpc) is 3.31. The van der Waals surface area contributed by atoms with Gasteiger partial charge in [-0.15, -0.1) is 0 Å². The van der Waals surface area contributed by atoms with Gasteiger partial charge in [0.15, 0.2) is 0 Å². The number of nitrogens with one attached hydrogen (secondary N) is 1. The highest BCUT2D eigenvalue weighted by Crippen LogP contribution is 2.30. The Morgan fingerprint density at radius 1 is 1.14 bits per heavy atom. The van der Waals surface area contributed by atoms with Crippen LogP contribution in [0, 0.1) is 29.0 Å². The zero-order valence-electron chi connectivity index (χ0n) is 19.7. The van der Waals surface area contributed by atoms with Gasteiger partial charge in [0.1, 0.15) is 11.9 Å². The molecule has 0 radical (unpaired) electrons. The monoisotopic (exact) mass is 546 g/mol. The fourth-order valence-electron chi connectivity index (χ4n) is 4.80. The molecule has 0 aromatic carbocycles. The summed E-state index contributed by atoms with van der Waals surface area (Å²) >= 11 is 0. The molecule has 1 aromatic heterocycles. The molecule has 37 heavy (non-hydrogen) atoms. The first-order chi connectivity index (χ1) is 17.4. The topological polar surface area (TPSA) is 127 Å². The molecule has 2 amide bonds. The lowest BCUT2D eigenvalue weighted by Gasteiger charge is -2.41. The van der Waals surface area contributed by atoms with Crippen LogP contribution in [0.1, 0.15) is 36.9 Å². The number of carbonyl (C=O) groups excluding carboxylic acids is 2. The van der Waals surface area contributed by atoms with Crippen LogP contribution in [0.25, 0.3) is 0 Å². The number of hydrogen-bond donors (Lipinski definition) is 1. The maximum atomic E-state index is 14.1. The molecule has 1 aromatic rings. The molecule has 3 fully saturated rings. The molecule has 3 saturated heterocycles. The lowest BCUT2D eigenvalue weighted by Crippen LogP contribution is -2.57. The van der Waals surface area contributed by atoms with Gasteiger partial charge < -0.3 is 10.2 Å². The molecule has 0 spiro atoms. The molecular formula is C22H26F4N6O4S. The summed E-state index contributed by atoms with van der Waals surface area (Å²) in [5.74, 6) is -3.13. The second kappa shape index (κ2) is 10.5. The van der Waals surface area contributed by atoms with E-state index in [1.165, 1.54) is 13.5 Å². The van der Waals surface area contributed by atoms with Gasteiger partial charge in [-0.1, -0.05) is 0 Å². The number of halogens is 4. The molecule has 0 bridgehead atoms. The predicted molar refractivity (Wildman–Crippen MR) is 120 cm³/mol. The minimum Gasteiger partial charge on any atom is -0.349 e. The zero-order chi connectivity index (χ0) is 27.0. The van der Waals surface area contributed by atoms with Crippen LogP contribution in [0.2, 0.25) is 0 Å². The normalized spacial score (nSPS) is 23.9. The summed E-state index contributed by atoms with van der Waals surface area (Å²) in [5, 5.41) is 11.4. The minimum absolute atomic E-state index is 0.0274. The van der Waals surface area contributed by atoms with Crippen molar-refractivity contribution in [2.75, 3.05) is 32.7 Å². The number of aromatic nitrogens is 1. The van der Waals surface area contributed by atoms with Crippen molar-refractivity contribution in [3.63, 3.8) is 0 Å². The first kappa shape index (κ1) is 27.2. The standard InChI is InChI=1S/C22H26F4N6O4S/c23-17-7-16(22(24,25)26)9-28-18(17)10-29-20(33)19-4-2-6-32(19)21(34)15-3-1-5-30(13-15)37(35,36)31-11-14(8-27)12-31/h7,9,14-15,19H,1-6,10-13H2,(H,29,33)/t15-,19+/m0/s1. The van der Waals surface area contributed by atoms with E-state index in [1.54, 1.807) is 0 Å². The van der Waals surface area contributed by atoms with Crippen LogP contribution in [0.3, 0.4) is 0 Å². The van der Waals surface area contributed by atoms with Crippen molar-refractivity contribution in [1.29, 1.82) is 5.26 Å². The fraction of sp³-hybridized carbons (Fsp3) is 0.636. The molecule has 2 atom stereocenters. The first-order valence-corrected chi connectivity index (χ1v) is 13.3. The number of carbonyl (C=O) groups is 2. The van der Waals surface area contributed by atoms with Crippen molar-refractivity contribution in [3.05, 3.63) is 29.3 Å². The smallest absolute Gasteiger partial charge is 0.349 e. The van der Waals surface area contributed by atoms with Crippen LogP contribution in [0.5, 0.6) is 0 Å². The van der Waals surface area contributed by atoms with Crippen LogP contribution in [0.4, 0.5) is 17.6 Å². The van der Waals surface area contributed by atoms with Crippen LogP contribution in [-0.4, -0.2) is 77.5 Å². The van der Waals surface area contributed by atoms with Crippen LogP contribution in [-0.2, 0) is 32.5 Å². The van der Waals surface area contributed by atoms with Gasteiger partial charge in [0.2, 0.25) is 11.8 Å². The Hall–Kier alpha value is -2.83. The third-order valence-electron chi connectivity index (χ3n) is 6.93. The number of rotatable bonds is 6. The second-order valence-electron chi connectivity index (χ2n) is 9.41. The van der Waals surface area contributed by atoms with Gasteiger partial charge in [-0.25, -0.2) is 4.39 Å². The molecule has 0 saturated carbocycles. The van der Waals surface area contributed by atoms with E-state index in [9.17, 15) is 35.6 Å². The molecule has 0 unspecified atom stereocenters. The largest absolute Gasteiger partial charge is 0.417 e. The summed E-state index contributed by atoms with van der Waals surface area (Å²) in [4.78, 5) is 30.9. The maximum absolute atomic E-state index is 14.1.